The van der Waals surface area contributed by atoms with E-state index in [1.807, 2.05) is 0 Å². The summed E-state index contributed by atoms with van der Waals surface area (Å²) in [5.74, 6) is 4.92. The van der Waals surface area contributed by atoms with Crippen molar-refractivity contribution in [3.8, 4) is 24.7 Å². The first kappa shape index (κ1) is 21.3. The van der Waals surface area contributed by atoms with Gasteiger partial charge in [0.25, 0.3) is 0 Å². The lowest BCUT2D eigenvalue weighted by Crippen LogP contribution is -2.47. The van der Waals surface area contributed by atoms with Gasteiger partial charge in [0.1, 0.15) is 0 Å². The van der Waals surface area contributed by atoms with Crippen molar-refractivity contribution in [2.24, 2.45) is 22.7 Å². The molecule has 3 aliphatic rings. The fourth-order valence-electron chi connectivity index (χ4n) is 6.59. The topological polar surface area (TPSA) is 54.5 Å². The Kier molecular flexibility index (Phi) is 5.63. The lowest BCUT2D eigenvalue weighted by atomic mass is 9.64. The molecular weight excluding hydrogens is 370 g/mol. The molecular formula is C23H33NO3S. The van der Waals surface area contributed by atoms with Crippen LogP contribution in [0, 0.1) is 47.4 Å². The molecule has 3 fully saturated rings. The molecule has 3 rings (SSSR count). The molecule has 2 saturated carbocycles. The molecule has 0 aromatic rings. The van der Waals surface area contributed by atoms with Crippen LogP contribution in [0.1, 0.15) is 78.6 Å². The second kappa shape index (κ2) is 7.42. The maximum atomic E-state index is 13.6. The maximum Gasteiger partial charge on any atom is 0.242 e. The van der Waals surface area contributed by atoms with Gasteiger partial charge in [-0.3, -0.25) is 4.79 Å². The predicted molar refractivity (Wildman–Crippen MR) is 111 cm³/mol. The summed E-state index contributed by atoms with van der Waals surface area (Å²) >= 11 is 0. The van der Waals surface area contributed by atoms with E-state index in [-0.39, 0.29) is 23.8 Å². The highest BCUT2D eigenvalue weighted by Crippen LogP contribution is 2.72. The van der Waals surface area contributed by atoms with E-state index in [1.54, 1.807) is 0 Å². The Morgan fingerprint density at radius 3 is 2.54 bits per heavy atom. The van der Waals surface area contributed by atoms with Gasteiger partial charge in [0.15, 0.2) is 0 Å². The van der Waals surface area contributed by atoms with Crippen molar-refractivity contribution in [2.45, 2.75) is 89.9 Å². The summed E-state index contributed by atoms with van der Waals surface area (Å²) in [7, 11) is -3.78. The third kappa shape index (κ3) is 2.73. The largest absolute Gasteiger partial charge is 0.273 e. The Morgan fingerprint density at radius 1 is 1.25 bits per heavy atom. The third-order valence-electron chi connectivity index (χ3n) is 8.11. The zero-order chi connectivity index (χ0) is 20.7. The number of carbonyl (C=O) groups is 1. The second-order valence-electron chi connectivity index (χ2n) is 9.43. The minimum absolute atomic E-state index is 0.134. The Bertz CT molecular complexity index is 816. The molecule has 5 heteroatoms. The number of nitrogens with zero attached hydrogens (tertiary/aromatic N) is 1. The zero-order valence-electron chi connectivity index (χ0n) is 17.4. The van der Waals surface area contributed by atoms with E-state index in [2.05, 4.69) is 32.6 Å². The number of fused-ring (bicyclic) bond motifs is 1. The van der Waals surface area contributed by atoms with Gasteiger partial charge in [-0.1, -0.05) is 40.0 Å². The maximum absolute atomic E-state index is 13.6. The summed E-state index contributed by atoms with van der Waals surface area (Å²) in [5.41, 5.74) is -0.562. The van der Waals surface area contributed by atoms with E-state index in [1.165, 1.54) is 4.31 Å². The van der Waals surface area contributed by atoms with Crippen LogP contribution in [-0.4, -0.2) is 29.9 Å². The molecule has 1 amide bonds. The quantitative estimate of drug-likeness (QED) is 0.477. The Labute approximate surface area is 170 Å². The normalized spacial score (nSPS) is 35.2. The van der Waals surface area contributed by atoms with Crippen molar-refractivity contribution in [2.75, 3.05) is 0 Å². The Morgan fingerprint density at radius 2 is 1.96 bits per heavy atom. The molecule has 4 unspecified atom stereocenters. The summed E-state index contributed by atoms with van der Waals surface area (Å²) in [6, 6.07) is -0.261. The van der Waals surface area contributed by atoms with Crippen molar-refractivity contribution in [1.82, 2.24) is 4.31 Å². The van der Waals surface area contributed by atoms with E-state index in [9.17, 15) is 13.2 Å². The highest BCUT2D eigenvalue weighted by Gasteiger charge is 2.76. The van der Waals surface area contributed by atoms with Crippen molar-refractivity contribution in [3.05, 3.63) is 0 Å². The zero-order valence-corrected chi connectivity index (χ0v) is 18.2. The van der Waals surface area contributed by atoms with E-state index in [0.29, 0.717) is 18.8 Å². The van der Waals surface area contributed by atoms with Gasteiger partial charge >= 0.3 is 0 Å². The molecule has 2 bridgehead atoms. The predicted octanol–water partition coefficient (Wildman–Crippen LogP) is 3.97. The fraction of sp³-hybridized carbons (Fsp3) is 0.783. The Hall–Kier alpha value is -1.46. The van der Waals surface area contributed by atoms with Crippen LogP contribution in [0.3, 0.4) is 0 Å². The van der Waals surface area contributed by atoms with Gasteiger partial charge in [-0.15, -0.1) is 24.7 Å². The standard InChI is InChI=1S/C23H33NO3S/c1-6-9-10-13-17(11-7-2)21(25)24-19-16-18-14-15-23(19,22(18,4)5)20(12-8-3)28(24,26)27/h2-3,17-20H,6,9-16H2,1,4-5H3/t17-,18?,19?,20?,23?/m1/s1. The van der Waals surface area contributed by atoms with Crippen LogP contribution in [-0.2, 0) is 14.8 Å². The monoisotopic (exact) mass is 403 g/mol. The van der Waals surface area contributed by atoms with Crippen molar-refractivity contribution in [1.29, 1.82) is 0 Å². The molecule has 2 aliphatic carbocycles. The molecule has 0 N–H and O–H groups in total. The average molecular weight is 404 g/mol. The molecule has 154 valence electrons. The smallest absolute Gasteiger partial charge is 0.242 e. The second-order valence-corrected chi connectivity index (χ2v) is 11.4. The van der Waals surface area contributed by atoms with E-state index in [4.69, 9.17) is 12.8 Å². The van der Waals surface area contributed by atoms with Crippen molar-refractivity contribution >= 4 is 15.9 Å². The number of amides is 1. The van der Waals surface area contributed by atoms with E-state index < -0.39 is 26.6 Å². The fourth-order valence-corrected chi connectivity index (χ4v) is 9.31. The molecule has 4 nitrogen and oxygen atoms in total. The van der Waals surface area contributed by atoms with Gasteiger partial charge in [-0.2, -0.15) is 0 Å². The van der Waals surface area contributed by atoms with Crippen LogP contribution in [0.4, 0.5) is 0 Å². The molecule has 1 spiro atoms. The van der Waals surface area contributed by atoms with Crippen LogP contribution >= 0.6 is 0 Å². The highest BCUT2D eigenvalue weighted by molar-refractivity contribution is 7.90. The first-order valence-electron chi connectivity index (χ1n) is 10.6. The molecule has 1 aliphatic heterocycles. The molecule has 5 atom stereocenters. The van der Waals surface area contributed by atoms with Gasteiger partial charge in [-0.25, -0.2) is 12.7 Å². The summed E-state index contributed by atoms with van der Waals surface area (Å²) in [5, 5.41) is -0.663. The van der Waals surface area contributed by atoms with Gasteiger partial charge in [0.05, 0.1) is 17.2 Å². The summed E-state index contributed by atoms with van der Waals surface area (Å²) in [6.45, 7) is 6.46. The van der Waals surface area contributed by atoms with Gasteiger partial charge < -0.3 is 0 Å². The lowest BCUT2D eigenvalue weighted by molar-refractivity contribution is -0.133. The highest BCUT2D eigenvalue weighted by atomic mass is 32.2. The summed E-state index contributed by atoms with van der Waals surface area (Å²) < 4.78 is 28.5. The third-order valence-corrected chi connectivity index (χ3v) is 10.4. The van der Waals surface area contributed by atoms with E-state index in [0.717, 1.165) is 38.5 Å². The number of sulfonamides is 1. The summed E-state index contributed by atoms with van der Waals surface area (Å²) in [4.78, 5) is 13.5. The number of hydrogen-bond donors (Lipinski definition) is 0. The van der Waals surface area contributed by atoms with Crippen LogP contribution in [0.25, 0.3) is 0 Å². The van der Waals surface area contributed by atoms with Crippen molar-refractivity contribution < 1.29 is 13.2 Å². The number of rotatable bonds is 7. The van der Waals surface area contributed by atoms with Crippen molar-refractivity contribution in [3.63, 3.8) is 0 Å². The molecule has 0 aromatic heterocycles. The van der Waals surface area contributed by atoms with Crippen LogP contribution in [0.15, 0.2) is 0 Å². The first-order valence-corrected chi connectivity index (χ1v) is 12.1. The van der Waals surface area contributed by atoms with Gasteiger partial charge in [0.2, 0.25) is 15.9 Å². The van der Waals surface area contributed by atoms with E-state index >= 15 is 0 Å². The number of unbranched alkanes of at least 4 members (excludes halogenated alkanes) is 2. The molecule has 0 aromatic carbocycles. The number of terminal acetylenes is 2. The molecule has 1 saturated heterocycles. The first-order chi connectivity index (χ1) is 13.2. The van der Waals surface area contributed by atoms with Crippen LogP contribution in [0.5, 0.6) is 0 Å². The lowest BCUT2D eigenvalue weighted by Gasteiger charge is -2.40. The minimum Gasteiger partial charge on any atom is -0.273 e. The molecule has 1 heterocycles. The minimum atomic E-state index is -3.78. The average Bonchev–Trinajstić information content (AvgIpc) is 3.10. The number of hydrogen-bond acceptors (Lipinski definition) is 3. The van der Waals surface area contributed by atoms with Gasteiger partial charge in [0, 0.05) is 18.3 Å². The van der Waals surface area contributed by atoms with Gasteiger partial charge in [-0.05, 0) is 37.0 Å². The van der Waals surface area contributed by atoms with Crippen LogP contribution < -0.4 is 0 Å². The SMILES string of the molecule is C#CCC1C23CCC(CC2N(C(=O)[C@H](CC#C)CCCCC)S1(=O)=O)C3(C)C. The summed E-state index contributed by atoms with van der Waals surface area (Å²) in [6.07, 6.45) is 17.8. The molecule has 0 radical (unpaired) electrons. The molecule has 28 heavy (non-hydrogen) atoms. The van der Waals surface area contributed by atoms with Crippen LogP contribution in [0.2, 0.25) is 0 Å². The number of carbonyl (C=O) groups excluding carboxylic acids is 1. The Balaban J connectivity index is 2.01.